The lowest BCUT2D eigenvalue weighted by molar-refractivity contribution is -0.202. The summed E-state index contributed by atoms with van der Waals surface area (Å²) in [7, 11) is 0. The number of benzene rings is 1. The maximum absolute atomic E-state index is 12.6. The summed E-state index contributed by atoms with van der Waals surface area (Å²) < 4.78 is 0. The van der Waals surface area contributed by atoms with E-state index >= 15 is 0 Å². The summed E-state index contributed by atoms with van der Waals surface area (Å²) in [4.78, 5) is 32.0. The summed E-state index contributed by atoms with van der Waals surface area (Å²) in [6.45, 7) is 2.56. The van der Waals surface area contributed by atoms with Crippen molar-refractivity contribution in [1.29, 1.82) is 0 Å². The van der Waals surface area contributed by atoms with Gasteiger partial charge in [0.1, 0.15) is 0 Å². The van der Waals surface area contributed by atoms with Crippen LogP contribution >= 0.6 is 0 Å². The van der Waals surface area contributed by atoms with Gasteiger partial charge in [-0.05, 0) is 37.7 Å². The first-order chi connectivity index (χ1) is 11.7. The van der Waals surface area contributed by atoms with Crippen LogP contribution in [0.3, 0.4) is 0 Å². The number of aryl methyl sites for hydroxylation is 1. The average Bonchev–Trinajstić information content (AvgIpc) is 2.64. The van der Waals surface area contributed by atoms with Crippen molar-refractivity contribution in [3.8, 4) is 0 Å². The molecule has 1 aromatic rings. The van der Waals surface area contributed by atoms with Crippen molar-refractivity contribution in [3.63, 3.8) is 0 Å². The van der Waals surface area contributed by atoms with Crippen LogP contribution in [0.25, 0.3) is 0 Å². The Morgan fingerprint density at radius 3 is 2.79 bits per heavy atom. The van der Waals surface area contributed by atoms with Crippen LogP contribution in [-0.2, 0) is 20.8 Å². The fraction of sp³-hybridized carbons (Fsp3) is 0.579. The molecule has 0 radical (unpaired) electrons. The third-order valence-corrected chi connectivity index (χ3v) is 4.83. The van der Waals surface area contributed by atoms with Crippen molar-refractivity contribution in [2.75, 3.05) is 26.2 Å². The Balaban J connectivity index is 1.49. The number of amides is 2. The topological polar surface area (TPSA) is 49.9 Å². The number of carbonyl (C=O) groups excluding carboxylic acids is 2. The first-order valence-electron chi connectivity index (χ1n) is 9.00. The van der Waals surface area contributed by atoms with Crippen molar-refractivity contribution >= 4 is 11.8 Å². The second-order valence-electron chi connectivity index (χ2n) is 6.65. The normalized spacial score (nSPS) is 21.8. The molecule has 1 atom stereocenters. The fourth-order valence-corrected chi connectivity index (χ4v) is 3.43. The highest BCUT2D eigenvalue weighted by Crippen LogP contribution is 2.22. The van der Waals surface area contributed by atoms with Gasteiger partial charge in [0.25, 0.3) is 5.91 Å². The van der Waals surface area contributed by atoms with Crippen molar-refractivity contribution in [1.82, 2.24) is 9.96 Å². The van der Waals surface area contributed by atoms with Gasteiger partial charge in [-0.2, -0.15) is 0 Å². The van der Waals surface area contributed by atoms with Crippen LogP contribution in [0.15, 0.2) is 30.3 Å². The van der Waals surface area contributed by atoms with Crippen molar-refractivity contribution < 1.29 is 14.4 Å². The lowest BCUT2D eigenvalue weighted by Gasteiger charge is -2.35. The van der Waals surface area contributed by atoms with Gasteiger partial charge in [0.2, 0.25) is 5.91 Å². The molecule has 0 aliphatic carbocycles. The zero-order valence-corrected chi connectivity index (χ0v) is 14.2. The third-order valence-electron chi connectivity index (χ3n) is 4.83. The minimum absolute atomic E-state index is 0.0512. The van der Waals surface area contributed by atoms with Crippen molar-refractivity contribution in [2.45, 2.75) is 38.5 Å². The van der Waals surface area contributed by atoms with E-state index in [0.29, 0.717) is 32.5 Å². The summed E-state index contributed by atoms with van der Waals surface area (Å²) in [6.07, 6.45) is 5.01. The molecule has 2 saturated heterocycles. The predicted octanol–water partition coefficient (Wildman–Crippen LogP) is 2.41. The quantitative estimate of drug-likeness (QED) is 0.833. The molecule has 0 spiro atoms. The molecule has 0 aromatic heterocycles. The molecule has 0 N–H and O–H groups in total. The van der Waals surface area contributed by atoms with Crippen LogP contribution in [0, 0.1) is 5.92 Å². The summed E-state index contributed by atoms with van der Waals surface area (Å²) in [5, 5.41) is 1.52. The number of nitrogens with zero attached hydrogens (tertiary/aromatic N) is 2. The van der Waals surface area contributed by atoms with E-state index in [9.17, 15) is 9.59 Å². The number of rotatable bonds is 5. The molecular formula is C19H26N2O3. The SMILES string of the molecule is O=C1CCC(C(=O)N2CCCCO2)CN1CCCc1ccccc1. The Morgan fingerprint density at radius 1 is 1.21 bits per heavy atom. The van der Waals surface area contributed by atoms with E-state index in [4.69, 9.17) is 4.84 Å². The molecule has 2 heterocycles. The molecule has 1 unspecified atom stereocenters. The summed E-state index contributed by atoms with van der Waals surface area (Å²) in [5.41, 5.74) is 1.29. The molecular weight excluding hydrogens is 304 g/mol. The zero-order chi connectivity index (χ0) is 16.8. The van der Waals surface area contributed by atoms with Crippen molar-refractivity contribution in [2.24, 2.45) is 5.92 Å². The first-order valence-corrected chi connectivity index (χ1v) is 9.00. The Hall–Kier alpha value is -1.88. The highest BCUT2D eigenvalue weighted by molar-refractivity contribution is 5.83. The van der Waals surface area contributed by atoms with Crippen LogP contribution in [0.2, 0.25) is 0 Å². The molecule has 0 saturated carbocycles. The molecule has 2 aliphatic heterocycles. The highest BCUT2D eigenvalue weighted by atomic mass is 16.7. The van der Waals surface area contributed by atoms with E-state index in [1.165, 1.54) is 10.6 Å². The van der Waals surface area contributed by atoms with Crippen LogP contribution in [-0.4, -0.2) is 48.0 Å². The number of carbonyl (C=O) groups is 2. The summed E-state index contributed by atoms with van der Waals surface area (Å²) >= 11 is 0. The Kier molecular flexibility index (Phi) is 5.86. The maximum atomic E-state index is 12.6. The second-order valence-corrected chi connectivity index (χ2v) is 6.65. The first kappa shape index (κ1) is 17.0. The Morgan fingerprint density at radius 2 is 2.04 bits per heavy atom. The van der Waals surface area contributed by atoms with Crippen LogP contribution < -0.4 is 0 Å². The number of piperidine rings is 1. The minimum Gasteiger partial charge on any atom is -0.342 e. The summed E-state index contributed by atoms with van der Waals surface area (Å²) in [5.74, 6) is 0.111. The monoisotopic (exact) mass is 330 g/mol. The van der Waals surface area contributed by atoms with E-state index < -0.39 is 0 Å². The molecule has 5 heteroatoms. The third kappa shape index (κ3) is 4.35. The minimum atomic E-state index is -0.113. The molecule has 5 nitrogen and oxygen atoms in total. The fourth-order valence-electron chi connectivity index (χ4n) is 3.43. The molecule has 24 heavy (non-hydrogen) atoms. The standard InChI is InChI=1S/C19H26N2O3/c22-18-11-10-17(19(23)21-13-4-5-14-24-21)15-20(18)12-6-9-16-7-2-1-3-8-16/h1-3,7-8,17H,4-6,9-15H2. The lowest BCUT2D eigenvalue weighted by Crippen LogP contribution is -2.48. The largest absolute Gasteiger partial charge is 0.342 e. The smallest absolute Gasteiger partial charge is 0.251 e. The zero-order valence-electron chi connectivity index (χ0n) is 14.2. The van der Waals surface area contributed by atoms with Gasteiger partial charge in [0, 0.05) is 26.1 Å². The second kappa shape index (κ2) is 8.29. The van der Waals surface area contributed by atoms with Gasteiger partial charge in [-0.15, -0.1) is 0 Å². The van der Waals surface area contributed by atoms with Gasteiger partial charge in [-0.3, -0.25) is 14.4 Å². The highest BCUT2D eigenvalue weighted by Gasteiger charge is 2.33. The van der Waals surface area contributed by atoms with Crippen molar-refractivity contribution in [3.05, 3.63) is 35.9 Å². The van der Waals surface area contributed by atoms with E-state index in [-0.39, 0.29) is 17.7 Å². The molecule has 2 amide bonds. The van der Waals surface area contributed by atoms with E-state index in [1.807, 2.05) is 23.1 Å². The maximum Gasteiger partial charge on any atom is 0.251 e. The number of likely N-dealkylation sites (tertiary alicyclic amines) is 1. The molecule has 2 aliphatic rings. The van der Waals surface area contributed by atoms with E-state index in [2.05, 4.69) is 12.1 Å². The lowest BCUT2D eigenvalue weighted by atomic mass is 9.96. The van der Waals surface area contributed by atoms with E-state index in [0.717, 1.165) is 32.2 Å². The molecule has 2 fully saturated rings. The van der Waals surface area contributed by atoms with Gasteiger partial charge < -0.3 is 4.90 Å². The molecule has 1 aromatic carbocycles. The average molecular weight is 330 g/mol. The number of hydrogen-bond donors (Lipinski definition) is 0. The van der Waals surface area contributed by atoms with Crippen LogP contribution in [0.4, 0.5) is 0 Å². The van der Waals surface area contributed by atoms with Gasteiger partial charge in [-0.25, -0.2) is 5.06 Å². The van der Waals surface area contributed by atoms with E-state index in [1.54, 1.807) is 0 Å². The van der Waals surface area contributed by atoms with Gasteiger partial charge in [0.15, 0.2) is 0 Å². The summed E-state index contributed by atoms with van der Waals surface area (Å²) in [6, 6.07) is 10.3. The number of hydroxylamine groups is 2. The molecule has 130 valence electrons. The van der Waals surface area contributed by atoms with Crippen LogP contribution in [0.5, 0.6) is 0 Å². The van der Waals surface area contributed by atoms with Crippen LogP contribution in [0.1, 0.15) is 37.7 Å². The molecule has 3 rings (SSSR count). The number of hydrogen-bond acceptors (Lipinski definition) is 3. The molecule has 0 bridgehead atoms. The van der Waals surface area contributed by atoms with Gasteiger partial charge in [0.05, 0.1) is 12.5 Å². The Labute approximate surface area is 143 Å². The predicted molar refractivity (Wildman–Crippen MR) is 91.0 cm³/mol. The van der Waals surface area contributed by atoms with Gasteiger partial charge in [-0.1, -0.05) is 30.3 Å². The Bertz CT molecular complexity index is 555. The van der Waals surface area contributed by atoms with Gasteiger partial charge >= 0.3 is 0 Å².